The highest BCUT2D eigenvalue weighted by atomic mass is 16.6. The molecule has 0 bridgehead atoms. The molecule has 0 fully saturated rings. The van der Waals surface area contributed by atoms with Crippen LogP contribution in [-0.4, -0.2) is 39.9 Å². The summed E-state index contributed by atoms with van der Waals surface area (Å²) >= 11 is 0. The Kier molecular flexibility index (Phi) is 6.58. The number of carbonyl (C=O) groups is 3. The summed E-state index contributed by atoms with van der Waals surface area (Å²) in [5.41, 5.74) is 2.04. The van der Waals surface area contributed by atoms with Crippen molar-refractivity contribution in [3.05, 3.63) is 35.9 Å². The zero-order valence-electron chi connectivity index (χ0n) is 14.1. The molecule has 0 saturated carbocycles. The van der Waals surface area contributed by atoms with E-state index in [1.54, 1.807) is 45.0 Å². The van der Waals surface area contributed by atoms with E-state index in [0.29, 0.717) is 5.01 Å². The first-order chi connectivity index (χ1) is 11.1. The molecule has 8 heteroatoms. The fourth-order valence-electron chi connectivity index (χ4n) is 1.60. The van der Waals surface area contributed by atoms with Crippen molar-refractivity contribution in [2.75, 3.05) is 0 Å². The summed E-state index contributed by atoms with van der Waals surface area (Å²) in [5.74, 6) is -1.30. The minimum Gasteiger partial charge on any atom is -0.480 e. The fourth-order valence-corrected chi connectivity index (χ4v) is 1.60. The predicted molar refractivity (Wildman–Crippen MR) is 84.9 cm³/mol. The number of carbonyl (C=O) groups excluding carboxylic acids is 2. The van der Waals surface area contributed by atoms with Gasteiger partial charge in [-0.3, -0.25) is 0 Å². The minimum absolute atomic E-state index is 0.0570. The van der Waals surface area contributed by atoms with E-state index >= 15 is 0 Å². The molecule has 1 aromatic rings. The van der Waals surface area contributed by atoms with E-state index in [-0.39, 0.29) is 6.61 Å². The molecule has 0 aliphatic rings. The third-order valence-electron chi connectivity index (χ3n) is 2.76. The van der Waals surface area contributed by atoms with Gasteiger partial charge >= 0.3 is 18.2 Å². The third-order valence-corrected chi connectivity index (χ3v) is 2.76. The van der Waals surface area contributed by atoms with E-state index in [0.717, 1.165) is 5.56 Å². The Hall–Kier alpha value is -2.77. The van der Waals surface area contributed by atoms with Crippen LogP contribution in [0.5, 0.6) is 0 Å². The van der Waals surface area contributed by atoms with E-state index in [1.165, 1.54) is 6.92 Å². The number of carboxylic acid groups (broad SMARTS) is 1. The topological polar surface area (TPSA) is 105 Å². The first-order valence-electron chi connectivity index (χ1n) is 7.32. The van der Waals surface area contributed by atoms with Crippen LogP contribution in [0.3, 0.4) is 0 Å². The van der Waals surface area contributed by atoms with Crippen molar-refractivity contribution in [1.29, 1.82) is 0 Å². The molecule has 0 spiro atoms. The van der Waals surface area contributed by atoms with Crippen molar-refractivity contribution in [2.24, 2.45) is 0 Å². The number of hydrogen-bond donors (Lipinski definition) is 2. The molecular weight excluding hydrogens is 316 g/mol. The SMILES string of the molecule is C[C@H](C(=O)O)N(NC(=O)OC(C)(C)C)C(=O)OCc1ccccc1. The van der Waals surface area contributed by atoms with Crippen LogP contribution in [0.1, 0.15) is 33.3 Å². The van der Waals surface area contributed by atoms with Gasteiger partial charge in [0.05, 0.1) is 0 Å². The minimum atomic E-state index is -1.33. The van der Waals surface area contributed by atoms with Crippen molar-refractivity contribution in [2.45, 2.75) is 45.9 Å². The summed E-state index contributed by atoms with van der Waals surface area (Å²) in [6.07, 6.45) is -1.95. The highest BCUT2D eigenvalue weighted by Crippen LogP contribution is 2.09. The van der Waals surface area contributed by atoms with Gasteiger partial charge in [0.15, 0.2) is 6.04 Å². The van der Waals surface area contributed by atoms with Gasteiger partial charge in [-0.25, -0.2) is 24.8 Å². The normalized spacial score (nSPS) is 12.0. The maximum Gasteiger partial charge on any atom is 0.429 e. The van der Waals surface area contributed by atoms with Crippen LogP contribution >= 0.6 is 0 Å². The molecule has 0 saturated heterocycles. The van der Waals surface area contributed by atoms with Gasteiger partial charge in [-0.2, -0.15) is 0 Å². The average molecular weight is 338 g/mol. The summed E-state index contributed by atoms with van der Waals surface area (Å²) in [5, 5.41) is 9.67. The summed E-state index contributed by atoms with van der Waals surface area (Å²) in [7, 11) is 0. The number of rotatable bonds is 4. The Labute approximate surface area is 140 Å². The number of amides is 2. The lowest BCUT2D eigenvalue weighted by Crippen LogP contribution is -2.54. The Morgan fingerprint density at radius 3 is 2.29 bits per heavy atom. The molecule has 1 atom stereocenters. The standard InChI is InChI=1S/C16H22N2O6/c1-11(13(19)20)18(17-14(21)24-16(2,3)4)15(22)23-10-12-8-6-5-7-9-12/h5-9,11H,10H2,1-4H3,(H,17,21)(H,19,20)/t11-/m1/s1. The third kappa shape index (κ3) is 6.55. The number of ether oxygens (including phenoxy) is 2. The summed E-state index contributed by atoms with van der Waals surface area (Å²) < 4.78 is 10.1. The van der Waals surface area contributed by atoms with E-state index in [9.17, 15) is 14.4 Å². The van der Waals surface area contributed by atoms with E-state index in [4.69, 9.17) is 14.6 Å². The molecule has 1 rings (SSSR count). The van der Waals surface area contributed by atoms with Crippen LogP contribution < -0.4 is 5.43 Å². The highest BCUT2D eigenvalue weighted by Gasteiger charge is 2.30. The quantitative estimate of drug-likeness (QED) is 0.817. The lowest BCUT2D eigenvalue weighted by molar-refractivity contribution is -0.143. The number of aliphatic carboxylic acids is 1. The van der Waals surface area contributed by atoms with E-state index < -0.39 is 29.8 Å². The highest BCUT2D eigenvalue weighted by molar-refractivity contribution is 5.81. The maximum absolute atomic E-state index is 12.1. The van der Waals surface area contributed by atoms with E-state index in [2.05, 4.69) is 5.43 Å². The summed E-state index contributed by atoms with van der Waals surface area (Å²) in [6, 6.07) is 7.54. The van der Waals surface area contributed by atoms with Gasteiger partial charge in [0, 0.05) is 0 Å². The molecule has 0 aromatic heterocycles. The molecule has 8 nitrogen and oxygen atoms in total. The first-order valence-corrected chi connectivity index (χ1v) is 7.32. The molecule has 1 aromatic carbocycles. The molecule has 0 heterocycles. The molecule has 2 amide bonds. The number of carboxylic acids is 1. The number of nitrogens with one attached hydrogen (secondary N) is 1. The Balaban J connectivity index is 2.75. The number of hydrazine groups is 1. The Bertz CT molecular complexity index is 582. The molecule has 0 aliphatic carbocycles. The second-order valence-electron chi connectivity index (χ2n) is 6.04. The Morgan fingerprint density at radius 1 is 1.21 bits per heavy atom. The second-order valence-corrected chi connectivity index (χ2v) is 6.04. The van der Waals surface area contributed by atoms with Gasteiger partial charge in [-0.05, 0) is 33.3 Å². The van der Waals surface area contributed by atoms with Crippen molar-refractivity contribution in [1.82, 2.24) is 10.4 Å². The lowest BCUT2D eigenvalue weighted by Gasteiger charge is -2.27. The van der Waals surface area contributed by atoms with Crippen molar-refractivity contribution in [3.63, 3.8) is 0 Å². The monoisotopic (exact) mass is 338 g/mol. The van der Waals surface area contributed by atoms with Crippen LogP contribution in [0.25, 0.3) is 0 Å². The Morgan fingerprint density at radius 2 is 1.79 bits per heavy atom. The largest absolute Gasteiger partial charge is 0.480 e. The molecule has 0 radical (unpaired) electrons. The maximum atomic E-state index is 12.1. The molecule has 0 unspecified atom stereocenters. The second kappa shape index (κ2) is 8.19. The predicted octanol–water partition coefficient (Wildman–Crippen LogP) is 2.54. The first kappa shape index (κ1) is 19.3. The summed E-state index contributed by atoms with van der Waals surface area (Å²) in [4.78, 5) is 35.1. The van der Waals surface area contributed by atoms with Gasteiger partial charge < -0.3 is 14.6 Å². The molecule has 132 valence electrons. The fraction of sp³-hybridized carbons (Fsp3) is 0.438. The zero-order chi connectivity index (χ0) is 18.3. The van der Waals surface area contributed by atoms with Crippen LogP contribution in [0.2, 0.25) is 0 Å². The van der Waals surface area contributed by atoms with Gasteiger partial charge in [-0.15, -0.1) is 0 Å². The van der Waals surface area contributed by atoms with E-state index in [1.807, 2.05) is 6.07 Å². The molecule has 24 heavy (non-hydrogen) atoms. The van der Waals surface area contributed by atoms with Crippen molar-refractivity contribution in [3.8, 4) is 0 Å². The van der Waals surface area contributed by atoms with Crippen molar-refractivity contribution >= 4 is 18.2 Å². The van der Waals surface area contributed by atoms with Gasteiger partial charge in [-0.1, -0.05) is 30.3 Å². The van der Waals surface area contributed by atoms with Crippen LogP contribution in [0.15, 0.2) is 30.3 Å². The van der Waals surface area contributed by atoms with Crippen LogP contribution in [-0.2, 0) is 20.9 Å². The zero-order valence-corrected chi connectivity index (χ0v) is 14.1. The van der Waals surface area contributed by atoms with Crippen LogP contribution in [0.4, 0.5) is 9.59 Å². The average Bonchev–Trinajstić information content (AvgIpc) is 2.48. The lowest BCUT2D eigenvalue weighted by atomic mass is 10.2. The van der Waals surface area contributed by atoms with Crippen molar-refractivity contribution < 1.29 is 29.0 Å². The van der Waals surface area contributed by atoms with Crippen LogP contribution in [0, 0.1) is 0 Å². The number of benzene rings is 1. The molecular formula is C16H22N2O6. The number of hydrogen-bond acceptors (Lipinski definition) is 5. The van der Waals surface area contributed by atoms with Gasteiger partial charge in [0.2, 0.25) is 0 Å². The molecule has 0 aliphatic heterocycles. The smallest absolute Gasteiger partial charge is 0.429 e. The van der Waals surface area contributed by atoms with Gasteiger partial charge in [0.25, 0.3) is 0 Å². The number of nitrogens with zero attached hydrogens (tertiary/aromatic N) is 1. The molecule has 2 N–H and O–H groups in total. The summed E-state index contributed by atoms with van der Waals surface area (Å²) in [6.45, 7) is 6.11. The van der Waals surface area contributed by atoms with Gasteiger partial charge in [0.1, 0.15) is 12.2 Å².